The summed E-state index contributed by atoms with van der Waals surface area (Å²) in [6.45, 7) is 10.6. The van der Waals surface area contributed by atoms with Crippen LogP contribution in [0.4, 0.5) is 0 Å². The van der Waals surface area contributed by atoms with Gasteiger partial charge in [-0.1, -0.05) is 104 Å². The first-order chi connectivity index (χ1) is 23.8. The Labute approximate surface area is 307 Å². The molecule has 0 saturated heterocycles. The summed E-state index contributed by atoms with van der Waals surface area (Å²) in [6.07, 6.45) is 3.68. The summed E-state index contributed by atoms with van der Waals surface area (Å²) in [7, 11) is 0. The van der Waals surface area contributed by atoms with E-state index < -0.39 is 0 Å². The Hall–Kier alpha value is -5.22. The Bertz CT molecular complexity index is 2380. The number of fused-ring (bicyclic) bond motifs is 3. The van der Waals surface area contributed by atoms with Crippen LogP contribution in [0.1, 0.15) is 42.0 Å². The molecule has 5 heteroatoms. The van der Waals surface area contributed by atoms with Crippen LogP contribution in [0.15, 0.2) is 126 Å². The standard InChI is InChI=1S/C24H18N2.C21H18NO.Ir/c1-17-9-12-19(13-10-17)23-7-5-8-24(26-23)21-16-20(14-11-18(21)2)22-6-3-4-15-25-22;1-13(2)15-8-9-16-17-5-4-6-18(21(17)23-20(16)11-15)19-10-7-14(3)12-22-19;/h3-12,14-15H,1-2H3;4-5,7-13H,1-3H3;/q-2;-1;+3. The predicted octanol–water partition coefficient (Wildman–Crippen LogP) is 11.6. The van der Waals surface area contributed by atoms with Crippen molar-refractivity contribution in [1.82, 2.24) is 15.0 Å². The van der Waals surface area contributed by atoms with Crippen LogP contribution in [-0.2, 0) is 20.1 Å². The summed E-state index contributed by atoms with van der Waals surface area (Å²) in [6, 6.07) is 46.9. The Balaban J connectivity index is 0.000000171. The van der Waals surface area contributed by atoms with Gasteiger partial charge in [-0.25, -0.2) is 0 Å². The Morgan fingerprint density at radius 3 is 2.18 bits per heavy atom. The van der Waals surface area contributed by atoms with Crippen molar-refractivity contribution >= 4 is 21.9 Å². The summed E-state index contributed by atoms with van der Waals surface area (Å²) in [5.74, 6) is 0.484. The van der Waals surface area contributed by atoms with Crippen molar-refractivity contribution in [3.8, 4) is 45.0 Å². The van der Waals surface area contributed by atoms with Crippen molar-refractivity contribution in [2.45, 2.75) is 40.5 Å². The average Bonchev–Trinajstić information content (AvgIpc) is 3.51. The van der Waals surface area contributed by atoms with Crippen molar-refractivity contribution in [3.05, 3.63) is 162 Å². The molecule has 0 fully saturated rings. The maximum atomic E-state index is 6.19. The number of hydrogen-bond donors (Lipinski definition) is 0. The Kier molecular flexibility index (Phi) is 10.5. The van der Waals surface area contributed by atoms with Crippen LogP contribution in [0, 0.1) is 39.0 Å². The maximum absolute atomic E-state index is 6.19. The van der Waals surface area contributed by atoms with Crippen molar-refractivity contribution in [3.63, 3.8) is 0 Å². The molecule has 8 rings (SSSR count). The second kappa shape index (κ2) is 15.1. The summed E-state index contributed by atoms with van der Waals surface area (Å²) < 4.78 is 6.19. The number of rotatable bonds is 5. The third kappa shape index (κ3) is 7.35. The minimum Gasteiger partial charge on any atom is -0.501 e. The van der Waals surface area contributed by atoms with Gasteiger partial charge in [0.2, 0.25) is 0 Å². The van der Waals surface area contributed by atoms with Gasteiger partial charge in [0.15, 0.2) is 0 Å². The van der Waals surface area contributed by atoms with Gasteiger partial charge in [-0.2, -0.15) is 0 Å². The first kappa shape index (κ1) is 34.6. The van der Waals surface area contributed by atoms with Crippen LogP contribution in [0.2, 0.25) is 0 Å². The molecule has 0 aliphatic rings. The number of hydrogen-bond acceptors (Lipinski definition) is 4. The van der Waals surface area contributed by atoms with Crippen LogP contribution in [0.3, 0.4) is 0 Å². The van der Waals surface area contributed by atoms with E-state index >= 15 is 0 Å². The third-order valence-electron chi connectivity index (χ3n) is 8.64. The molecular formula is C45H36IrN3O. The fraction of sp³-hybridized carbons (Fsp3) is 0.133. The summed E-state index contributed by atoms with van der Waals surface area (Å²) >= 11 is 0. The molecule has 0 aliphatic heterocycles. The molecule has 0 atom stereocenters. The third-order valence-corrected chi connectivity index (χ3v) is 8.64. The first-order valence-electron chi connectivity index (χ1n) is 16.5. The molecular weight excluding hydrogens is 791 g/mol. The molecule has 0 aliphatic carbocycles. The second-order valence-electron chi connectivity index (χ2n) is 12.7. The molecule has 0 N–H and O–H groups in total. The van der Waals surface area contributed by atoms with Gasteiger partial charge in [-0.05, 0) is 53.2 Å². The van der Waals surface area contributed by atoms with E-state index in [1.807, 2.05) is 67.7 Å². The van der Waals surface area contributed by atoms with Crippen LogP contribution >= 0.6 is 0 Å². The van der Waals surface area contributed by atoms with E-state index in [0.717, 1.165) is 78.1 Å². The van der Waals surface area contributed by atoms with Gasteiger partial charge in [0.25, 0.3) is 0 Å². The molecule has 0 spiro atoms. The van der Waals surface area contributed by atoms with Crippen molar-refractivity contribution in [2.75, 3.05) is 0 Å². The van der Waals surface area contributed by atoms with Gasteiger partial charge >= 0.3 is 20.1 Å². The Morgan fingerprint density at radius 2 is 1.44 bits per heavy atom. The van der Waals surface area contributed by atoms with Gasteiger partial charge in [-0.3, -0.25) is 4.98 Å². The molecule has 0 saturated carbocycles. The SMILES string of the molecule is Cc1c[c-]c(-c2cccc(-c3[c-]c(-c4ccccn4)ccc3C)n2)cc1.Cc1ccc(-c2[c-]ccc3c2oc2cc(C(C)C)ccc23)nc1.[Ir+3]. The van der Waals surface area contributed by atoms with Gasteiger partial charge in [0.05, 0.1) is 5.58 Å². The largest absolute Gasteiger partial charge is 3.00 e. The molecule has 4 aromatic carbocycles. The van der Waals surface area contributed by atoms with Gasteiger partial charge in [-0.15, -0.1) is 77.4 Å². The van der Waals surface area contributed by atoms with E-state index in [9.17, 15) is 0 Å². The summed E-state index contributed by atoms with van der Waals surface area (Å²) in [5.41, 5.74) is 14.1. The molecule has 246 valence electrons. The van der Waals surface area contributed by atoms with E-state index in [4.69, 9.17) is 9.40 Å². The molecule has 4 nitrogen and oxygen atoms in total. The van der Waals surface area contributed by atoms with Crippen LogP contribution in [0.25, 0.3) is 67.0 Å². The molecule has 8 aromatic rings. The summed E-state index contributed by atoms with van der Waals surface area (Å²) in [5, 5.41) is 2.26. The fourth-order valence-corrected chi connectivity index (χ4v) is 5.81. The normalized spacial score (nSPS) is 10.9. The van der Waals surface area contributed by atoms with E-state index in [1.165, 1.54) is 11.1 Å². The zero-order valence-corrected chi connectivity index (χ0v) is 31.1. The van der Waals surface area contributed by atoms with Crippen molar-refractivity contribution in [1.29, 1.82) is 0 Å². The zero-order chi connectivity index (χ0) is 33.9. The fourth-order valence-electron chi connectivity index (χ4n) is 5.81. The van der Waals surface area contributed by atoms with Crippen molar-refractivity contribution < 1.29 is 24.5 Å². The van der Waals surface area contributed by atoms with Crippen LogP contribution < -0.4 is 0 Å². The quantitative estimate of drug-likeness (QED) is 0.162. The predicted molar refractivity (Wildman–Crippen MR) is 200 cm³/mol. The van der Waals surface area contributed by atoms with Gasteiger partial charge in [0, 0.05) is 23.5 Å². The summed E-state index contributed by atoms with van der Waals surface area (Å²) in [4.78, 5) is 13.8. The van der Waals surface area contributed by atoms with Gasteiger partial charge < -0.3 is 14.4 Å². The zero-order valence-electron chi connectivity index (χ0n) is 28.7. The molecule has 4 heterocycles. The van der Waals surface area contributed by atoms with Crippen LogP contribution in [0.5, 0.6) is 0 Å². The number of pyridine rings is 3. The molecule has 0 bridgehead atoms. The first-order valence-corrected chi connectivity index (χ1v) is 16.5. The minimum absolute atomic E-state index is 0. The van der Waals surface area contributed by atoms with Crippen LogP contribution in [-0.4, -0.2) is 15.0 Å². The van der Waals surface area contributed by atoms with Crippen molar-refractivity contribution in [2.24, 2.45) is 0 Å². The number of furan rings is 1. The maximum Gasteiger partial charge on any atom is 3.00 e. The number of nitrogens with zero attached hydrogens (tertiary/aromatic N) is 3. The molecule has 0 radical (unpaired) electrons. The van der Waals surface area contributed by atoms with E-state index in [2.05, 4.69) is 110 Å². The molecule has 0 amide bonds. The topological polar surface area (TPSA) is 51.8 Å². The molecule has 50 heavy (non-hydrogen) atoms. The Morgan fingerprint density at radius 1 is 0.640 bits per heavy atom. The average molecular weight is 827 g/mol. The molecule has 0 unspecified atom stereocenters. The minimum atomic E-state index is 0. The molecule has 4 aromatic heterocycles. The smallest absolute Gasteiger partial charge is 0.501 e. The van der Waals surface area contributed by atoms with Gasteiger partial charge in [0.1, 0.15) is 5.58 Å². The second-order valence-corrected chi connectivity index (χ2v) is 12.7. The van der Waals surface area contributed by atoms with E-state index in [1.54, 1.807) is 6.20 Å². The van der Waals surface area contributed by atoms with E-state index in [0.29, 0.717) is 5.92 Å². The number of aryl methyl sites for hydroxylation is 3. The number of aromatic nitrogens is 3. The van der Waals surface area contributed by atoms with E-state index in [-0.39, 0.29) is 20.1 Å². The number of benzene rings is 4. The monoisotopic (exact) mass is 827 g/mol.